The first-order chi connectivity index (χ1) is 26.4. The smallest absolute Gasteiger partial charge is 0.187 e. The molecule has 4 rings (SSSR count). The molecule has 0 amide bonds. The summed E-state index contributed by atoms with van der Waals surface area (Å²) in [5.41, 5.74) is 0. The molecular weight excluding hydrogens is 776 g/mol. The zero-order valence-electron chi connectivity index (χ0n) is 29.2. The summed E-state index contributed by atoms with van der Waals surface area (Å²) in [7, 11) is 0. The Morgan fingerprint density at radius 2 is 0.911 bits per heavy atom. The lowest BCUT2D eigenvalue weighted by molar-refractivity contribution is -0.376. The normalized spacial score (nSPS) is 47.2. The molecule has 0 aromatic carbocycles. The first-order valence-corrected chi connectivity index (χ1v) is 17.4. The molecule has 0 radical (unpaired) electrons. The molecule has 4 saturated heterocycles. The number of hydrogen-bond acceptors (Lipinski definition) is 26. The van der Waals surface area contributed by atoms with Crippen LogP contribution in [-0.4, -0.2) is 273 Å². The van der Waals surface area contributed by atoms with E-state index < -0.39 is 180 Å². The summed E-state index contributed by atoms with van der Waals surface area (Å²) in [6.45, 7) is -4.61. The van der Waals surface area contributed by atoms with Crippen LogP contribution in [0.5, 0.6) is 0 Å². The number of aliphatic hydroxyl groups excluding tert-OH is 17. The van der Waals surface area contributed by atoms with Crippen LogP contribution in [0.1, 0.15) is 0 Å². The maximum Gasteiger partial charge on any atom is 0.187 e. The van der Waals surface area contributed by atoms with Gasteiger partial charge in [-0.3, -0.25) is 0 Å². The minimum atomic E-state index is -2.17. The van der Waals surface area contributed by atoms with Gasteiger partial charge in [0.15, 0.2) is 31.4 Å². The third kappa shape index (κ3) is 10.2. The molecular formula is C30H52O26. The summed E-state index contributed by atoms with van der Waals surface area (Å²) >= 11 is 0. The first kappa shape index (κ1) is 47.3. The lowest BCUT2D eigenvalue weighted by Gasteiger charge is -2.47. The van der Waals surface area contributed by atoms with Crippen molar-refractivity contribution < 1.29 is 130 Å². The molecule has 4 fully saturated rings. The fourth-order valence-electron chi connectivity index (χ4n) is 6.47. The molecule has 24 atom stereocenters. The number of rotatable bonds is 17. The van der Waals surface area contributed by atoms with Gasteiger partial charge in [-0.25, -0.2) is 0 Å². The van der Waals surface area contributed by atoms with Crippen LogP contribution in [0.3, 0.4) is 0 Å². The molecule has 0 aromatic heterocycles. The van der Waals surface area contributed by atoms with Gasteiger partial charge in [0.2, 0.25) is 0 Å². The van der Waals surface area contributed by atoms with Crippen molar-refractivity contribution in [3.63, 3.8) is 0 Å². The third-order valence-electron chi connectivity index (χ3n) is 9.85. The van der Waals surface area contributed by atoms with Gasteiger partial charge in [-0.05, 0) is 0 Å². The van der Waals surface area contributed by atoms with Crippen LogP contribution >= 0.6 is 0 Å². The van der Waals surface area contributed by atoms with Gasteiger partial charge in [0.25, 0.3) is 0 Å². The minimum absolute atomic E-state index is 0.112. The second-order valence-electron chi connectivity index (χ2n) is 13.6. The predicted molar refractivity (Wildman–Crippen MR) is 168 cm³/mol. The molecule has 0 bridgehead atoms. The highest BCUT2D eigenvalue weighted by molar-refractivity contribution is 5.56. The van der Waals surface area contributed by atoms with Crippen LogP contribution in [0.15, 0.2) is 0 Å². The first-order valence-electron chi connectivity index (χ1n) is 17.4. The van der Waals surface area contributed by atoms with Crippen LogP contribution in [-0.2, 0) is 42.7 Å². The van der Waals surface area contributed by atoms with Crippen molar-refractivity contribution in [2.75, 3.05) is 33.0 Å². The van der Waals surface area contributed by atoms with E-state index in [1.807, 2.05) is 0 Å². The molecule has 17 N–H and O–H groups in total. The predicted octanol–water partition coefficient (Wildman–Crippen LogP) is -12.1. The number of carbonyl (C=O) groups excluding carboxylic acids is 1. The van der Waals surface area contributed by atoms with E-state index in [-0.39, 0.29) is 6.29 Å². The number of aliphatic hydroxyl groups is 17. The van der Waals surface area contributed by atoms with Crippen molar-refractivity contribution in [1.82, 2.24) is 0 Å². The van der Waals surface area contributed by atoms with Gasteiger partial charge >= 0.3 is 0 Å². The average Bonchev–Trinajstić information content (AvgIpc) is 3.20. The second-order valence-corrected chi connectivity index (χ2v) is 13.6. The van der Waals surface area contributed by atoms with Crippen molar-refractivity contribution in [2.24, 2.45) is 0 Å². The zero-order valence-corrected chi connectivity index (χ0v) is 29.2. The van der Waals surface area contributed by atoms with Gasteiger partial charge in [0.05, 0.1) is 33.0 Å². The van der Waals surface area contributed by atoms with E-state index in [0.717, 1.165) is 0 Å². The molecule has 26 heteroatoms. The number of aldehydes is 1. The summed E-state index contributed by atoms with van der Waals surface area (Å²) in [4.78, 5) is 11.0. The van der Waals surface area contributed by atoms with Crippen molar-refractivity contribution in [3.05, 3.63) is 0 Å². The van der Waals surface area contributed by atoms with E-state index in [4.69, 9.17) is 37.9 Å². The third-order valence-corrected chi connectivity index (χ3v) is 9.85. The van der Waals surface area contributed by atoms with Gasteiger partial charge in [0.1, 0.15) is 122 Å². The van der Waals surface area contributed by atoms with Crippen LogP contribution in [0.2, 0.25) is 0 Å². The summed E-state index contributed by atoms with van der Waals surface area (Å²) in [5.74, 6) is 0. The topological polar surface area (TPSA) is 435 Å². The van der Waals surface area contributed by atoms with Gasteiger partial charge in [-0.2, -0.15) is 0 Å². The van der Waals surface area contributed by atoms with Crippen LogP contribution in [0.25, 0.3) is 0 Å². The quantitative estimate of drug-likeness (QED) is 0.0605. The minimum Gasteiger partial charge on any atom is -0.394 e. The van der Waals surface area contributed by atoms with Crippen LogP contribution < -0.4 is 0 Å². The number of carbonyl (C=O) groups is 1. The van der Waals surface area contributed by atoms with Gasteiger partial charge in [-0.1, -0.05) is 0 Å². The number of ether oxygens (including phenoxy) is 8. The molecule has 4 heterocycles. The van der Waals surface area contributed by atoms with Crippen molar-refractivity contribution in [2.45, 2.75) is 147 Å². The maximum atomic E-state index is 11.0. The lowest BCUT2D eigenvalue weighted by Crippen LogP contribution is -2.66. The highest BCUT2D eigenvalue weighted by atomic mass is 16.8. The highest BCUT2D eigenvalue weighted by Gasteiger charge is 2.54. The Morgan fingerprint density at radius 1 is 0.500 bits per heavy atom. The van der Waals surface area contributed by atoms with E-state index >= 15 is 0 Å². The zero-order chi connectivity index (χ0) is 41.8. The van der Waals surface area contributed by atoms with Crippen LogP contribution in [0, 0.1) is 0 Å². The Morgan fingerprint density at radius 3 is 1.38 bits per heavy atom. The monoisotopic (exact) mass is 828 g/mol. The standard InChI is InChI=1S/C30H52O26/c31-1-7(36)13(38)24(8(37)2-32)54-30-23(48)19(44)26(11(5-35)52-30)56-29-21(46)17(42)15(40)12(53-29)6-49-27-22(47)18(43)25(10(4-34)51-27)55-28-20(45)16(41)14(39)9(3-33)50-28/h1,7-30,32-48H,2-6H2/t7-,8+,9+,10+,11+,12+,13+,14+,15+,16-,17-,18+,19+,20+,21+,22+,23+,24+,25+,26+,27-,28+,29+,30+/m0/s1. The maximum absolute atomic E-state index is 11.0. The van der Waals surface area contributed by atoms with E-state index in [2.05, 4.69) is 0 Å². The molecule has 26 nitrogen and oxygen atoms in total. The molecule has 0 saturated carbocycles. The SMILES string of the molecule is O=C[C@H](O)[C@@H](O)[C@H](O[C@H]1O[C@H](CO)[C@@H](O[C@H]2O[C@H](CO[C@H]3O[C@H](CO)[C@@H](O[C@H]4O[C@H](CO)[C@@H](O)[C@H](O)[C@H]4O)[C@H](O)[C@H]3O)[C@@H](O)[C@H](O)[C@H]2O)[C@H](O)[C@H]1O)[C@H](O)CO. The van der Waals surface area contributed by atoms with Crippen molar-refractivity contribution in [1.29, 1.82) is 0 Å². The Labute approximate surface area is 316 Å². The van der Waals surface area contributed by atoms with Gasteiger partial charge < -0.3 is 130 Å². The Balaban J connectivity index is 1.41. The molecule has 0 aromatic rings. The Bertz CT molecular complexity index is 1180. The number of hydrogen-bond donors (Lipinski definition) is 17. The Kier molecular flexibility index (Phi) is 17.6. The second kappa shape index (κ2) is 20.8. The van der Waals surface area contributed by atoms with E-state index in [1.165, 1.54) is 0 Å². The molecule has 56 heavy (non-hydrogen) atoms. The van der Waals surface area contributed by atoms with Crippen molar-refractivity contribution >= 4 is 6.29 Å². The van der Waals surface area contributed by atoms with E-state index in [0.29, 0.717) is 0 Å². The van der Waals surface area contributed by atoms with Gasteiger partial charge in [0, 0.05) is 0 Å². The summed E-state index contributed by atoms with van der Waals surface area (Å²) < 4.78 is 43.5. The fourth-order valence-corrected chi connectivity index (χ4v) is 6.47. The van der Waals surface area contributed by atoms with Crippen molar-refractivity contribution in [3.8, 4) is 0 Å². The van der Waals surface area contributed by atoms with E-state index in [1.54, 1.807) is 0 Å². The molecule has 328 valence electrons. The largest absolute Gasteiger partial charge is 0.394 e. The molecule has 4 aliphatic heterocycles. The summed E-state index contributed by atoms with van der Waals surface area (Å²) in [5, 5.41) is 174. The summed E-state index contributed by atoms with van der Waals surface area (Å²) in [6.07, 6.45) is -45.6. The molecule has 4 aliphatic rings. The summed E-state index contributed by atoms with van der Waals surface area (Å²) in [6, 6.07) is 0. The van der Waals surface area contributed by atoms with Gasteiger partial charge in [-0.15, -0.1) is 0 Å². The lowest BCUT2D eigenvalue weighted by atomic mass is 9.96. The molecule has 0 spiro atoms. The average molecular weight is 829 g/mol. The van der Waals surface area contributed by atoms with E-state index in [9.17, 15) is 91.6 Å². The highest BCUT2D eigenvalue weighted by Crippen LogP contribution is 2.33. The molecule has 0 aliphatic carbocycles. The molecule has 0 unspecified atom stereocenters. The fraction of sp³-hybridized carbons (Fsp3) is 0.967. The Hall–Kier alpha value is -1.33. The van der Waals surface area contributed by atoms with Crippen LogP contribution in [0.4, 0.5) is 0 Å².